The quantitative estimate of drug-likeness (QED) is 0.123. The molecule has 1 aromatic heterocycles. The van der Waals surface area contributed by atoms with E-state index >= 15 is 0 Å². The van der Waals surface area contributed by atoms with E-state index in [1.807, 2.05) is 34.6 Å². The highest BCUT2D eigenvalue weighted by atomic mass is 32.1. The summed E-state index contributed by atoms with van der Waals surface area (Å²) in [5.41, 5.74) is -0.525. The van der Waals surface area contributed by atoms with Crippen LogP contribution < -0.4 is 21.3 Å². The number of ketones is 2. The highest BCUT2D eigenvalue weighted by Crippen LogP contribution is 2.43. The van der Waals surface area contributed by atoms with Crippen LogP contribution in [0.5, 0.6) is 0 Å². The third-order valence-electron chi connectivity index (χ3n) is 9.74. The summed E-state index contributed by atoms with van der Waals surface area (Å²) < 4.78 is 6.31. The van der Waals surface area contributed by atoms with Crippen molar-refractivity contribution in [1.29, 1.82) is 0 Å². The van der Waals surface area contributed by atoms with E-state index < -0.39 is 65.4 Å². The molecule has 0 bridgehead atoms. The normalized spacial score (nSPS) is 23.6. The van der Waals surface area contributed by atoms with E-state index in [4.69, 9.17) is 4.74 Å². The number of ether oxygens (including phenoxy) is 1. The number of Topliss-reactive ketones (excluding diaryl/α,β-unsaturated/α-hetero) is 2. The van der Waals surface area contributed by atoms with Gasteiger partial charge in [-0.3, -0.25) is 24.0 Å². The lowest BCUT2D eigenvalue weighted by Gasteiger charge is -2.36. The molecule has 0 aromatic carbocycles. The van der Waals surface area contributed by atoms with Gasteiger partial charge < -0.3 is 30.9 Å². The van der Waals surface area contributed by atoms with Gasteiger partial charge in [0.15, 0.2) is 5.01 Å². The van der Waals surface area contributed by atoms with Crippen molar-refractivity contribution in [2.45, 2.75) is 122 Å². The third-order valence-corrected chi connectivity index (χ3v) is 10.5. The van der Waals surface area contributed by atoms with E-state index in [2.05, 4.69) is 32.8 Å². The molecule has 1 saturated carbocycles. The Bertz CT molecular complexity index is 1380. The minimum Gasteiger partial charge on any atom is -0.370 e. The SMILES string of the molecule is C=CCNC(=O)C(=O)C(CCC)NC(=O)[C@@H]1[C@H]2CC(C)(C)O[C@H]2CN1C(=O)[C@@H](NC(=O)N[C@H](C(=O)c1nccs1)C(C)C)C1CCCCC1. The molecule has 13 nitrogen and oxygen atoms in total. The van der Waals surface area contributed by atoms with Gasteiger partial charge in [0.05, 0.1) is 23.8 Å². The Morgan fingerprint density at radius 3 is 2.43 bits per heavy atom. The van der Waals surface area contributed by atoms with E-state index in [9.17, 15) is 28.8 Å². The molecule has 1 aromatic rings. The van der Waals surface area contributed by atoms with Crippen molar-refractivity contribution in [3.63, 3.8) is 0 Å². The largest absolute Gasteiger partial charge is 0.370 e. The third kappa shape index (κ3) is 9.33. The molecule has 270 valence electrons. The van der Waals surface area contributed by atoms with Crippen LogP contribution in [0.25, 0.3) is 0 Å². The van der Waals surface area contributed by atoms with Gasteiger partial charge in [0.1, 0.15) is 12.1 Å². The summed E-state index contributed by atoms with van der Waals surface area (Å²) in [5, 5.41) is 13.0. The molecule has 3 heterocycles. The number of thiazole rings is 1. The van der Waals surface area contributed by atoms with Crippen LogP contribution in [-0.2, 0) is 23.9 Å². The molecule has 49 heavy (non-hydrogen) atoms. The summed E-state index contributed by atoms with van der Waals surface area (Å²) in [4.78, 5) is 86.8. The van der Waals surface area contributed by atoms with Gasteiger partial charge in [-0.1, -0.05) is 52.5 Å². The minimum atomic E-state index is -1.07. The van der Waals surface area contributed by atoms with Crippen molar-refractivity contribution in [1.82, 2.24) is 31.2 Å². The van der Waals surface area contributed by atoms with E-state index in [1.165, 1.54) is 28.5 Å². The van der Waals surface area contributed by atoms with Gasteiger partial charge in [0.2, 0.25) is 23.4 Å². The number of aromatic nitrogens is 1. The van der Waals surface area contributed by atoms with Gasteiger partial charge in [-0.2, -0.15) is 0 Å². The summed E-state index contributed by atoms with van der Waals surface area (Å²) >= 11 is 1.20. The zero-order valence-corrected chi connectivity index (χ0v) is 30.1. The van der Waals surface area contributed by atoms with Crippen LogP contribution >= 0.6 is 11.3 Å². The second kappa shape index (κ2) is 16.8. The summed E-state index contributed by atoms with van der Waals surface area (Å²) in [7, 11) is 0. The molecule has 2 aliphatic heterocycles. The van der Waals surface area contributed by atoms with Crippen molar-refractivity contribution in [2.24, 2.45) is 17.8 Å². The molecule has 3 aliphatic rings. The predicted octanol–water partition coefficient (Wildman–Crippen LogP) is 3.15. The van der Waals surface area contributed by atoms with Crippen LogP contribution in [0.4, 0.5) is 4.79 Å². The Kier molecular flexibility index (Phi) is 13.1. The van der Waals surface area contributed by atoms with Gasteiger partial charge in [-0.15, -0.1) is 17.9 Å². The molecule has 6 atom stereocenters. The van der Waals surface area contributed by atoms with Gasteiger partial charge >= 0.3 is 6.03 Å². The molecular weight excluding hydrogens is 648 g/mol. The molecular formula is C35H52N6O7S. The van der Waals surface area contributed by atoms with E-state index in [0.717, 1.165) is 32.1 Å². The summed E-state index contributed by atoms with van der Waals surface area (Å²) in [5.74, 6) is -3.61. The Hall–Kier alpha value is -3.65. The van der Waals surface area contributed by atoms with Crippen molar-refractivity contribution in [3.05, 3.63) is 29.2 Å². The maximum absolute atomic E-state index is 14.6. The van der Waals surface area contributed by atoms with E-state index in [1.54, 1.807) is 5.38 Å². The maximum Gasteiger partial charge on any atom is 0.316 e. The first-order valence-corrected chi connectivity index (χ1v) is 18.4. The Morgan fingerprint density at radius 2 is 1.82 bits per heavy atom. The fourth-order valence-corrected chi connectivity index (χ4v) is 8.04. The molecule has 0 spiro atoms. The molecule has 2 saturated heterocycles. The molecule has 0 radical (unpaired) electrons. The topological polar surface area (TPSA) is 176 Å². The van der Waals surface area contributed by atoms with Crippen LogP contribution in [0, 0.1) is 17.8 Å². The molecule has 4 rings (SSSR count). The lowest BCUT2D eigenvalue weighted by Crippen LogP contribution is -2.61. The van der Waals surface area contributed by atoms with E-state index in [-0.39, 0.29) is 48.1 Å². The van der Waals surface area contributed by atoms with Crippen LogP contribution in [-0.4, -0.2) is 94.2 Å². The van der Waals surface area contributed by atoms with Crippen molar-refractivity contribution < 1.29 is 33.5 Å². The van der Waals surface area contributed by atoms with E-state index in [0.29, 0.717) is 12.8 Å². The number of urea groups is 1. The molecule has 1 aliphatic carbocycles. The van der Waals surface area contributed by atoms with Crippen LogP contribution in [0.3, 0.4) is 0 Å². The summed E-state index contributed by atoms with van der Waals surface area (Å²) in [6.45, 7) is 13.2. The van der Waals surface area contributed by atoms with Crippen LogP contribution in [0.15, 0.2) is 24.2 Å². The monoisotopic (exact) mass is 700 g/mol. The number of amides is 5. The van der Waals surface area contributed by atoms with Crippen molar-refractivity contribution in [3.8, 4) is 0 Å². The minimum absolute atomic E-state index is 0.110. The number of carbonyl (C=O) groups is 6. The second-order valence-electron chi connectivity index (χ2n) is 14.3. The van der Waals surface area contributed by atoms with Gasteiger partial charge in [-0.25, -0.2) is 9.78 Å². The first-order valence-electron chi connectivity index (χ1n) is 17.5. The lowest BCUT2D eigenvalue weighted by molar-refractivity contribution is -0.144. The Balaban J connectivity index is 1.59. The average Bonchev–Trinajstić information content (AvgIpc) is 3.79. The maximum atomic E-state index is 14.6. The Labute approximate surface area is 292 Å². The zero-order chi connectivity index (χ0) is 35.9. The number of rotatable bonds is 15. The second-order valence-corrected chi connectivity index (χ2v) is 15.2. The number of hydrogen-bond donors (Lipinski definition) is 4. The molecule has 3 fully saturated rings. The van der Waals surface area contributed by atoms with Gasteiger partial charge in [0, 0.05) is 30.6 Å². The molecule has 5 amide bonds. The average molecular weight is 701 g/mol. The van der Waals surface area contributed by atoms with Gasteiger partial charge in [-0.05, 0) is 51.4 Å². The molecule has 4 N–H and O–H groups in total. The number of nitrogens with one attached hydrogen (secondary N) is 4. The summed E-state index contributed by atoms with van der Waals surface area (Å²) in [6.07, 6.45) is 8.11. The summed E-state index contributed by atoms with van der Waals surface area (Å²) in [6, 6.07) is -4.51. The Morgan fingerprint density at radius 1 is 1.10 bits per heavy atom. The fraction of sp³-hybridized carbons (Fsp3) is 0.686. The highest BCUT2D eigenvalue weighted by Gasteiger charge is 2.56. The predicted molar refractivity (Wildman–Crippen MR) is 185 cm³/mol. The standard InChI is InChI=1S/C35H52N6O7S/c1-7-12-23(28(42)31(45)36-15-8-2)38-30(44)27-22-18-35(5,6)48-24(22)19-41(27)33(46)26(21-13-10-9-11-14-21)40-34(47)39-25(20(3)4)29(43)32-37-16-17-49-32/h8,16-17,20-27H,2,7,9-15,18-19H2,1,3-6H3,(H,36,45)(H,38,44)(H2,39,40,47)/t22-,23?,24-,25-,26-,27-/m0/s1. The highest BCUT2D eigenvalue weighted by molar-refractivity contribution is 7.11. The molecule has 14 heteroatoms. The van der Waals surface area contributed by atoms with Gasteiger partial charge in [0.25, 0.3) is 5.91 Å². The first kappa shape index (κ1) is 38.2. The first-order chi connectivity index (χ1) is 23.3. The fourth-order valence-electron chi connectivity index (χ4n) is 7.42. The van der Waals surface area contributed by atoms with Crippen LogP contribution in [0.1, 0.15) is 95.8 Å². The number of hydrogen-bond acceptors (Lipinski definition) is 9. The van der Waals surface area contributed by atoms with Crippen molar-refractivity contribution >= 4 is 46.7 Å². The number of carbonyl (C=O) groups excluding carboxylic acids is 6. The number of likely N-dealkylation sites (tertiary alicyclic amines) is 1. The lowest BCUT2D eigenvalue weighted by atomic mass is 9.83. The zero-order valence-electron chi connectivity index (χ0n) is 29.3. The molecule has 1 unspecified atom stereocenters. The number of fused-ring (bicyclic) bond motifs is 1. The van der Waals surface area contributed by atoms with Crippen molar-refractivity contribution in [2.75, 3.05) is 13.1 Å². The smallest absolute Gasteiger partial charge is 0.316 e. The van der Waals surface area contributed by atoms with Crippen LogP contribution in [0.2, 0.25) is 0 Å². The number of nitrogens with zero attached hydrogens (tertiary/aromatic N) is 2.